The quantitative estimate of drug-likeness (QED) is 0.153. The van der Waals surface area contributed by atoms with E-state index in [1.807, 2.05) is 133 Å². The number of hydrogen-bond donors (Lipinski definition) is 0. The van der Waals surface area contributed by atoms with E-state index in [0.29, 0.717) is 45.0 Å². The number of nitrogens with zero attached hydrogens (tertiary/aromatic N) is 5. The zero-order chi connectivity index (χ0) is 32.2. The Labute approximate surface area is 279 Å². The molecule has 7 rings (SSSR count). The van der Waals surface area contributed by atoms with E-state index in [4.69, 9.17) is 26.2 Å². The van der Waals surface area contributed by atoms with Gasteiger partial charge in [0.15, 0.2) is 5.82 Å². The molecule has 232 valence electrons. The van der Waals surface area contributed by atoms with Crippen molar-refractivity contribution in [1.82, 2.24) is 24.4 Å². The van der Waals surface area contributed by atoms with E-state index < -0.39 is 0 Å². The van der Waals surface area contributed by atoms with Crippen molar-refractivity contribution in [3.05, 3.63) is 152 Å². The third-order valence-electron chi connectivity index (χ3n) is 7.32. The molecule has 0 aliphatic heterocycles. The molecule has 7 aromatic rings. The van der Waals surface area contributed by atoms with E-state index >= 15 is 0 Å². The second kappa shape index (κ2) is 13.5. The first-order valence-electron chi connectivity index (χ1n) is 15.0. The van der Waals surface area contributed by atoms with Gasteiger partial charge in [-0.25, -0.2) is 4.68 Å². The third-order valence-corrected chi connectivity index (χ3v) is 8.65. The van der Waals surface area contributed by atoms with Crippen LogP contribution in [-0.2, 0) is 6.61 Å². The van der Waals surface area contributed by atoms with Crippen molar-refractivity contribution in [1.29, 1.82) is 0 Å². The molecule has 0 aliphatic rings. The monoisotopic (exact) mass is 657 g/mol. The molecule has 3 aromatic heterocycles. The van der Waals surface area contributed by atoms with Gasteiger partial charge in [-0.2, -0.15) is 14.6 Å². The molecule has 3 heterocycles. The zero-order valence-corrected chi connectivity index (χ0v) is 26.9. The Balaban J connectivity index is 1.21. The van der Waals surface area contributed by atoms with Gasteiger partial charge in [-0.1, -0.05) is 89.7 Å². The summed E-state index contributed by atoms with van der Waals surface area (Å²) in [5.41, 5.74) is 4.85. The van der Waals surface area contributed by atoms with E-state index in [-0.39, 0.29) is 5.56 Å². The summed E-state index contributed by atoms with van der Waals surface area (Å²) in [6, 6.07) is 32.9. The summed E-state index contributed by atoms with van der Waals surface area (Å²) < 4.78 is 15.3. The summed E-state index contributed by atoms with van der Waals surface area (Å²) in [4.78, 5) is 18.6. The van der Waals surface area contributed by atoms with Crippen LogP contribution in [0.25, 0.3) is 40.1 Å². The summed E-state index contributed by atoms with van der Waals surface area (Å²) in [7, 11) is 0. The predicted molar refractivity (Wildman–Crippen MR) is 187 cm³/mol. The fourth-order valence-corrected chi connectivity index (χ4v) is 6.11. The first-order chi connectivity index (χ1) is 23.0. The molecule has 0 unspecified atom stereocenters. The summed E-state index contributed by atoms with van der Waals surface area (Å²) in [6.45, 7) is 2.90. The average molecular weight is 658 g/mol. The van der Waals surface area contributed by atoms with Crippen molar-refractivity contribution in [2.75, 3.05) is 6.61 Å². The molecule has 47 heavy (non-hydrogen) atoms. The fraction of sp³-hybridized carbons (Fsp3) is 0.0811. The molecule has 8 nitrogen and oxygen atoms in total. The van der Waals surface area contributed by atoms with Crippen LogP contribution in [0.15, 0.2) is 114 Å². The number of aromatic nitrogens is 5. The molecule has 10 heteroatoms. The molecule has 4 aromatic carbocycles. The van der Waals surface area contributed by atoms with E-state index in [1.54, 1.807) is 6.08 Å². The molecular weight excluding hydrogens is 630 g/mol. The SMILES string of the molecule is CCOc1ccc(/C=C/c2nc3s/c(=C\c4cn(-c5ccccc5)nc4-c4cccc(OCc5ccccc5Cl)c4)c(=O)n3n2)cc1. The summed E-state index contributed by atoms with van der Waals surface area (Å²) in [5.74, 6) is 1.95. The highest BCUT2D eigenvalue weighted by molar-refractivity contribution is 7.15. The lowest BCUT2D eigenvalue weighted by atomic mass is 10.1. The minimum Gasteiger partial charge on any atom is -0.494 e. The van der Waals surface area contributed by atoms with Crippen LogP contribution in [0, 0.1) is 0 Å². The molecular formula is C37H28ClN5O3S. The standard InChI is InChI=1S/C37H28ClN5O3S/c1-2-45-30-18-15-25(16-19-30)17-20-34-39-37-43(40-34)36(44)33(47-37)22-28-23-42(29-11-4-3-5-12-29)41-35(28)26-10-8-13-31(21-26)46-24-27-9-6-7-14-32(27)38/h3-23H,2,24H2,1H3/b20-17+,33-22-. The molecule has 0 N–H and O–H groups in total. The largest absolute Gasteiger partial charge is 0.494 e. The maximum atomic E-state index is 13.5. The normalized spacial score (nSPS) is 11.9. The lowest BCUT2D eigenvalue weighted by Gasteiger charge is -2.09. The van der Waals surface area contributed by atoms with Crippen molar-refractivity contribution in [3.8, 4) is 28.4 Å². The molecule has 0 saturated carbocycles. The highest BCUT2D eigenvalue weighted by Gasteiger charge is 2.15. The van der Waals surface area contributed by atoms with Crippen molar-refractivity contribution < 1.29 is 9.47 Å². The Morgan fingerprint density at radius 2 is 1.66 bits per heavy atom. The predicted octanol–water partition coefficient (Wildman–Crippen LogP) is 7.35. The van der Waals surface area contributed by atoms with Gasteiger partial charge in [0, 0.05) is 27.9 Å². The molecule has 0 fully saturated rings. The molecule has 0 radical (unpaired) electrons. The molecule has 0 spiro atoms. The highest BCUT2D eigenvalue weighted by atomic mass is 35.5. The first-order valence-corrected chi connectivity index (χ1v) is 16.2. The molecule has 0 amide bonds. The Bertz CT molecular complexity index is 2310. The van der Waals surface area contributed by atoms with Gasteiger partial charge in [-0.3, -0.25) is 4.79 Å². The average Bonchev–Trinajstić information content (AvgIpc) is 3.79. The second-order valence-electron chi connectivity index (χ2n) is 10.5. The smallest absolute Gasteiger partial charge is 0.291 e. The zero-order valence-electron chi connectivity index (χ0n) is 25.3. The van der Waals surface area contributed by atoms with Crippen LogP contribution < -0.4 is 19.6 Å². The topological polar surface area (TPSA) is 83.5 Å². The van der Waals surface area contributed by atoms with Crippen LogP contribution in [0.5, 0.6) is 11.5 Å². The minimum atomic E-state index is -0.242. The maximum absolute atomic E-state index is 13.5. The number of benzene rings is 4. The Morgan fingerprint density at radius 1 is 0.851 bits per heavy atom. The van der Waals surface area contributed by atoms with Crippen LogP contribution in [-0.4, -0.2) is 31.0 Å². The van der Waals surface area contributed by atoms with Gasteiger partial charge in [0.25, 0.3) is 5.56 Å². The van der Waals surface area contributed by atoms with Crippen LogP contribution >= 0.6 is 22.9 Å². The summed E-state index contributed by atoms with van der Waals surface area (Å²) >= 11 is 7.62. The fourth-order valence-electron chi connectivity index (χ4n) is 5.01. The molecule has 0 atom stereocenters. The van der Waals surface area contributed by atoms with Gasteiger partial charge in [0.2, 0.25) is 4.96 Å². The summed E-state index contributed by atoms with van der Waals surface area (Å²) in [5, 5.41) is 10.0. The van der Waals surface area contributed by atoms with Gasteiger partial charge in [0.1, 0.15) is 23.8 Å². The van der Waals surface area contributed by atoms with Crippen molar-refractivity contribution in [2.45, 2.75) is 13.5 Å². The van der Waals surface area contributed by atoms with Crippen LogP contribution in [0.3, 0.4) is 0 Å². The van der Waals surface area contributed by atoms with Crippen LogP contribution in [0.4, 0.5) is 0 Å². The molecule has 0 saturated heterocycles. The maximum Gasteiger partial charge on any atom is 0.291 e. The van der Waals surface area contributed by atoms with Gasteiger partial charge in [-0.05, 0) is 67.1 Å². The van der Waals surface area contributed by atoms with Crippen molar-refractivity contribution >= 4 is 46.1 Å². The Hall–Kier alpha value is -5.51. The highest BCUT2D eigenvalue weighted by Crippen LogP contribution is 2.28. The second-order valence-corrected chi connectivity index (χ2v) is 12.0. The van der Waals surface area contributed by atoms with Gasteiger partial charge in [0.05, 0.1) is 16.8 Å². The number of hydrogen-bond acceptors (Lipinski definition) is 7. The number of rotatable bonds is 10. The number of para-hydroxylation sites is 1. The Morgan fingerprint density at radius 3 is 2.45 bits per heavy atom. The number of ether oxygens (including phenoxy) is 2. The van der Waals surface area contributed by atoms with Crippen LogP contribution in [0.2, 0.25) is 5.02 Å². The Kier molecular flexibility index (Phi) is 8.64. The van der Waals surface area contributed by atoms with Crippen LogP contribution in [0.1, 0.15) is 29.4 Å². The first kappa shape index (κ1) is 30.2. The van der Waals surface area contributed by atoms with Gasteiger partial charge < -0.3 is 9.47 Å². The van der Waals surface area contributed by atoms with E-state index in [9.17, 15) is 4.79 Å². The molecule has 0 aliphatic carbocycles. The number of fused-ring (bicyclic) bond motifs is 1. The van der Waals surface area contributed by atoms with Gasteiger partial charge in [-0.15, -0.1) is 5.10 Å². The lowest BCUT2D eigenvalue weighted by molar-refractivity contribution is 0.306. The summed E-state index contributed by atoms with van der Waals surface area (Å²) in [6.07, 6.45) is 7.46. The van der Waals surface area contributed by atoms with Crippen molar-refractivity contribution in [3.63, 3.8) is 0 Å². The lowest BCUT2D eigenvalue weighted by Crippen LogP contribution is -2.23. The minimum absolute atomic E-state index is 0.242. The third kappa shape index (κ3) is 6.72. The number of thiazole rings is 1. The van der Waals surface area contributed by atoms with Crippen molar-refractivity contribution in [2.24, 2.45) is 0 Å². The molecule has 0 bridgehead atoms. The van der Waals surface area contributed by atoms with E-state index in [1.165, 1.54) is 15.9 Å². The van der Waals surface area contributed by atoms with E-state index in [2.05, 4.69) is 10.1 Å². The number of halogens is 1. The van der Waals surface area contributed by atoms with Gasteiger partial charge >= 0.3 is 0 Å². The van der Waals surface area contributed by atoms with E-state index in [0.717, 1.165) is 33.7 Å².